The third-order valence-electron chi connectivity index (χ3n) is 12.4. The highest BCUT2D eigenvalue weighted by atomic mass is 31.2. The lowest BCUT2D eigenvalue weighted by Crippen LogP contribution is -2.48. The summed E-state index contributed by atoms with van der Waals surface area (Å²) in [5, 5.41) is 0. The van der Waals surface area contributed by atoms with E-state index in [1.165, 1.54) is 68.6 Å². The molecule has 12 nitrogen and oxygen atoms in total. The molecule has 0 N–H and O–H groups in total. The Hall–Kier alpha value is -2.91. The lowest BCUT2D eigenvalue weighted by atomic mass is 9.91. The third-order valence-corrected chi connectivity index (χ3v) is 14.5. The quantitative estimate of drug-likeness (QED) is 0.0492. The maximum absolute atomic E-state index is 14.2. The number of hydrogen-bond acceptors (Lipinski definition) is 9. The maximum Gasteiger partial charge on any atom is 0.340 e. The number of ether oxygens (including phenoxy) is 3. The number of benzene rings is 1. The second-order valence-electron chi connectivity index (χ2n) is 18.9. The highest BCUT2D eigenvalue weighted by Crippen LogP contribution is 2.55. The zero-order valence-electron chi connectivity index (χ0n) is 39.2. The van der Waals surface area contributed by atoms with Gasteiger partial charge >= 0.3 is 5.69 Å². The molecule has 0 radical (unpaired) electrons. The molecule has 0 amide bonds. The summed E-state index contributed by atoms with van der Waals surface area (Å²) < 4.78 is 36.1. The fourth-order valence-corrected chi connectivity index (χ4v) is 10.5. The summed E-state index contributed by atoms with van der Waals surface area (Å²) >= 11 is 0. The minimum atomic E-state index is -1.63. The first-order valence-electron chi connectivity index (χ1n) is 23.2. The Labute approximate surface area is 367 Å². The lowest BCUT2D eigenvalue weighted by molar-refractivity contribution is -0.175. The molecule has 2 bridgehead atoms. The summed E-state index contributed by atoms with van der Waals surface area (Å²) in [7, 11) is -1.63. The summed E-state index contributed by atoms with van der Waals surface area (Å²) in [4.78, 5) is 45.0. The van der Waals surface area contributed by atoms with Crippen molar-refractivity contribution in [1.29, 1.82) is 0 Å². The molecule has 2 saturated heterocycles. The second-order valence-corrected chi connectivity index (χ2v) is 20.3. The fraction of sp³-hybridized carbons (Fsp3) is 0.750. The number of fused-ring (bicyclic) bond motifs is 2. The monoisotopic (exact) mass is 869 g/mol. The van der Waals surface area contributed by atoms with Gasteiger partial charge in [0.05, 0.1) is 13.2 Å². The van der Waals surface area contributed by atoms with Crippen LogP contribution in [0.4, 0.5) is 0 Å². The number of aryl methyl sites for hydroxylation is 1. The lowest BCUT2D eigenvalue weighted by Gasteiger charge is -2.38. The molecule has 1 aromatic heterocycles. The molecule has 342 valence electrons. The van der Waals surface area contributed by atoms with Crippen molar-refractivity contribution in [2.75, 3.05) is 26.4 Å². The molecule has 8 atom stereocenters. The summed E-state index contributed by atoms with van der Waals surface area (Å²) in [6.07, 6.45) is 12.3. The number of hydrogen-bond donors (Lipinski definition) is 0. The predicted octanol–water partition coefficient (Wildman–Crippen LogP) is 10.6. The van der Waals surface area contributed by atoms with Gasteiger partial charge in [-0.2, -0.15) is 4.57 Å². The zero-order chi connectivity index (χ0) is 44.9. The van der Waals surface area contributed by atoms with E-state index in [2.05, 4.69) is 71.8 Å². The van der Waals surface area contributed by atoms with Crippen LogP contribution in [0.25, 0.3) is 4.85 Å². The van der Waals surface area contributed by atoms with Crippen LogP contribution in [-0.2, 0) is 18.5 Å². The van der Waals surface area contributed by atoms with Crippen LogP contribution in [-0.4, -0.2) is 76.0 Å². The van der Waals surface area contributed by atoms with Crippen molar-refractivity contribution in [2.45, 2.75) is 183 Å². The SMILES string of the molecule is [C-]#[N+]CCOP(OC1C2OCC1(CC)OC2n1cc(C)c(=O)n(C(=O)c2ccc(OCCC(C)CCCC(C)CCCC(C)CCCC(C)C)cc2)c1=O)N(C(C)C)C(C)C. The molecule has 3 heterocycles. The molecule has 2 fully saturated rings. The van der Waals surface area contributed by atoms with Crippen LogP contribution in [0, 0.1) is 37.2 Å². The molecule has 8 unspecified atom stereocenters. The van der Waals surface area contributed by atoms with E-state index in [-0.39, 0.29) is 43.0 Å². The molecule has 0 spiro atoms. The highest BCUT2D eigenvalue weighted by Gasteiger charge is 2.63. The minimum Gasteiger partial charge on any atom is -0.494 e. The standard InChI is InChI=1S/C48H77N4O8P/c1-13-48-32-57-42(43(48)60-61(58-30-28-49-12)52(34(4)5)35(6)7)46(59-48)50-31-39(11)44(53)51(47(50)55)45(54)40-23-25-41(26-24-40)56-29-27-38(10)22-16-21-37(9)20-15-19-36(8)18-14-17-33(2)3/h23-26,31,33-38,42-43,46H,13-22,27-30,32H2,1-11H3. The maximum atomic E-state index is 14.2. The smallest absolute Gasteiger partial charge is 0.340 e. The van der Waals surface area contributed by atoms with E-state index in [0.717, 1.165) is 24.2 Å². The van der Waals surface area contributed by atoms with Crippen molar-refractivity contribution in [2.24, 2.45) is 23.7 Å². The van der Waals surface area contributed by atoms with Crippen LogP contribution >= 0.6 is 8.53 Å². The van der Waals surface area contributed by atoms with Crippen LogP contribution in [0.1, 0.15) is 162 Å². The number of carbonyl (C=O) groups excluding carboxylic acids is 1. The van der Waals surface area contributed by atoms with E-state index in [0.29, 0.717) is 29.3 Å². The predicted molar refractivity (Wildman–Crippen MR) is 244 cm³/mol. The van der Waals surface area contributed by atoms with Gasteiger partial charge in [-0.05, 0) is 95.4 Å². The molecule has 4 rings (SSSR count). The van der Waals surface area contributed by atoms with E-state index in [1.54, 1.807) is 31.2 Å². The summed E-state index contributed by atoms with van der Waals surface area (Å²) in [6.45, 7) is 32.0. The van der Waals surface area contributed by atoms with Crippen molar-refractivity contribution in [3.05, 3.63) is 73.8 Å². The number of nitrogens with zero attached hydrogens (tertiary/aromatic N) is 4. The third kappa shape index (κ3) is 13.8. The van der Waals surface area contributed by atoms with Gasteiger partial charge in [0.25, 0.3) is 20.0 Å². The first kappa shape index (κ1) is 50.7. The van der Waals surface area contributed by atoms with Crippen molar-refractivity contribution in [1.82, 2.24) is 13.8 Å². The number of aromatic nitrogens is 2. The average Bonchev–Trinajstić information content (AvgIpc) is 3.70. The molecule has 2 aliphatic rings. The van der Waals surface area contributed by atoms with E-state index >= 15 is 0 Å². The molecule has 2 aromatic rings. The molecule has 0 aliphatic carbocycles. The van der Waals surface area contributed by atoms with Crippen LogP contribution in [0.5, 0.6) is 5.75 Å². The van der Waals surface area contributed by atoms with Gasteiger partial charge in [0.2, 0.25) is 6.54 Å². The van der Waals surface area contributed by atoms with Gasteiger partial charge in [0.1, 0.15) is 30.2 Å². The first-order chi connectivity index (χ1) is 29.0. The van der Waals surface area contributed by atoms with Crippen molar-refractivity contribution < 1.29 is 28.1 Å². The minimum absolute atomic E-state index is 0.0873. The summed E-state index contributed by atoms with van der Waals surface area (Å²) in [5.41, 5.74) is -2.01. The Balaban J connectivity index is 1.35. The topological polar surface area (TPSA) is 115 Å². The van der Waals surface area contributed by atoms with Crippen molar-refractivity contribution >= 4 is 14.4 Å². The van der Waals surface area contributed by atoms with Crippen LogP contribution in [0.3, 0.4) is 0 Å². The van der Waals surface area contributed by atoms with E-state index in [1.807, 2.05) is 6.92 Å². The van der Waals surface area contributed by atoms with Gasteiger partial charge < -0.3 is 28.1 Å². The Kier molecular flexibility index (Phi) is 20.2. The molecule has 1 aromatic carbocycles. The Bertz CT molecular complexity index is 1820. The fourth-order valence-electron chi connectivity index (χ4n) is 8.69. The van der Waals surface area contributed by atoms with Gasteiger partial charge in [0.15, 0.2) is 6.23 Å². The zero-order valence-corrected chi connectivity index (χ0v) is 40.1. The van der Waals surface area contributed by atoms with Gasteiger partial charge in [-0.3, -0.25) is 14.2 Å². The van der Waals surface area contributed by atoms with Gasteiger partial charge in [-0.15, -0.1) is 0 Å². The van der Waals surface area contributed by atoms with Crippen molar-refractivity contribution in [3.8, 4) is 5.75 Å². The van der Waals surface area contributed by atoms with Crippen LogP contribution in [0.2, 0.25) is 0 Å². The molecule has 61 heavy (non-hydrogen) atoms. The molecular formula is C48H77N4O8P. The highest BCUT2D eigenvalue weighted by molar-refractivity contribution is 7.44. The van der Waals surface area contributed by atoms with Crippen molar-refractivity contribution in [3.63, 3.8) is 0 Å². The second kappa shape index (κ2) is 24.2. The molecule has 13 heteroatoms. The Morgan fingerprint density at radius 1 is 0.885 bits per heavy atom. The Morgan fingerprint density at radius 2 is 1.46 bits per heavy atom. The van der Waals surface area contributed by atoms with Gasteiger partial charge in [0, 0.05) is 29.4 Å². The Morgan fingerprint density at radius 3 is 2.00 bits per heavy atom. The normalized spacial score (nSPS) is 22.0. The van der Waals surface area contributed by atoms with Gasteiger partial charge in [-0.25, -0.2) is 16.0 Å². The van der Waals surface area contributed by atoms with Crippen LogP contribution < -0.4 is 16.0 Å². The van der Waals surface area contributed by atoms with E-state index in [9.17, 15) is 14.4 Å². The molecular weight excluding hydrogens is 792 g/mol. The van der Waals surface area contributed by atoms with Gasteiger partial charge in [-0.1, -0.05) is 99.3 Å². The van der Waals surface area contributed by atoms with E-state index < -0.39 is 49.7 Å². The molecule has 2 aliphatic heterocycles. The molecule has 0 saturated carbocycles. The van der Waals surface area contributed by atoms with Crippen LogP contribution in [0.15, 0.2) is 40.1 Å². The largest absolute Gasteiger partial charge is 0.494 e. The van der Waals surface area contributed by atoms with E-state index in [4.69, 9.17) is 29.8 Å². The number of rotatable bonds is 27. The first-order valence-corrected chi connectivity index (χ1v) is 24.3. The summed E-state index contributed by atoms with van der Waals surface area (Å²) in [5.74, 6) is 2.84. The summed E-state index contributed by atoms with van der Waals surface area (Å²) in [6, 6.07) is 6.77. The average molecular weight is 869 g/mol. The number of carbonyl (C=O) groups is 1.